The zero-order chi connectivity index (χ0) is 17.6. The molecular formula is C21H26O4. The first-order valence-corrected chi connectivity index (χ1v) is 9.61. The van der Waals surface area contributed by atoms with Crippen LogP contribution in [0.5, 0.6) is 0 Å². The second-order valence-electron chi connectivity index (χ2n) is 9.29. The number of carbonyl (C=O) groups excluding carboxylic acids is 2. The Labute approximate surface area is 148 Å². The number of allylic oxidation sites excluding steroid dienone is 4. The number of hydrogen-bond acceptors (Lipinski definition) is 4. The molecule has 25 heavy (non-hydrogen) atoms. The van der Waals surface area contributed by atoms with Gasteiger partial charge in [-0.3, -0.25) is 9.59 Å². The van der Waals surface area contributed by atoms with E-state index >= 15 is 0 Å². The number of ether oxygens (including phenoxy) is 1. The van der Waals surface area contributed by atoms with E-state index in [-0.39, 0.29) is 34.9 Å². The molecular weight excluding hydrogens is 316 g/mol. The highest BCUT2D eigenvalue weighted by molar-refractivity contribution is 6.01. The molecule has 5 aliphatic rings. The van der Waals surface area contributed by atoms with Crippen LogP contribution in [-0.4, -0.2) is 35.0 Å². The predicted molar refractivity (Wildman–Crippen MR) is 91.7 cm³/mol. The lowest BCUT2D eigenvalue weighted by atomic mass is 9.46. The van der Waals surface area contributed by atoms with Crippen LogP contribution in [0.3, 0.4) is 0 Å². The second kappa shape index (κ2) is 4.72. The summed E-state index contributed by atoms with van der Waals surface area (Å²) in [5.74, 6) is 1.21. The minimum atomic E-state index is -0.640. The quantitative estimate of drug-likeness (QED) is 0.735. The van der Waals surface area contributed by atoms with E-state index in [4.69, 9.17) is 4.74 Å². The summed E-state index contributed by atoms with van der Waals surface area (Å²) in [5.41, 5.74) is 0.0403. The largest absolute Gasteiger partial charge is 0.393 e. The first-order chi connectivity index (χ1) is 11.8. The highest BCUT2D eigenvalue weighted by Gasteiger charge is 2.71. The van der Waals surface area contributed by atoms with Crippen LogP contribution in [0.15, 0.2) is 23.8 Å². The summed E-state index contributed by atoms with van der Waals surface area (Å²) < 4.78 is 5.91. The van der Waals surface area contributed by atoms with Crippen molar-refractivity contribution in [3.63, 3.8) is 0 Å². The van der Waals surface area contributed by atoms with E-state index in [1.54, 1.807) is 12.2 Å². The summed E-state index contributed by atoms with van der Waals surface area (Å²) in [4.78, 5) is 24.3. The molecule has 0 bridgehead atoms. The van der Waals surface area contributed by atoms with Crippen LogP contribution in [0.1, 0.15) is 46.0 Å². The number of hydrogen-bond donors (Lipinski definition) is 1. The highest BCUT2D eigenvalue weighted by atomic mass is 16.5. The molecule has 1 spiro atoms. The van der Waals surface area contributed by atoms with Gasteiger partial charge in [0.25, 0.3) is 0 Å². The monoisotopic (exact) mass is 342 g/mol. The topological polar surface area (TPSA) is 63.6 Å². The molecule has 0 aromatic rings. The van der Waals surface area contributed by atoms with Crippen molar-refractivity contribution in [2.45, 2.75) is 57.7 Å². The van der Waals surface area contributed by atoms with Gasteiger partial charge in [-0.2, -0.15) is 0 Å². The van der Waals surface area contributed by atoms with E-state index in [0.29, 0.717) is 18.3 Å². The van der Waals surface area contributed by atoms with Crippen LogP contribution < -0.4 is 0 Å². The van der Waals surface area contributed by atoms with Crippen molar-refractivity contribution in [3.8, 4) is 0 Å². The molecule has 4 fully saturated rings. The average molecular weight is 342 g/mol. The average Bonchev–Trinajstić information content (AvgIpc) is 2.88. The van der Waals surface area contributed by atoms with Gasteiger partial charge in [0.15, 0.2) is 11.6 Å². The SMILES string of the molecule is C[C@]12C=CC(=O)C=C1CCC1C2[C@@H](O)C[C@@]2(C)C1CC[C@@]21OCC1=O. The Morgan fingerprint density at radius 3 is 2.72 bits per heavy atom. The Bertz CT molecular complexity index is 736. The molecule has 4 aliphatic carbocycles. The van der Waals surface area contributed by atoms with Gasteiger partial charge < -0.3 is 9.84 Å². The molecule has 0 radical (unpaired) electrons. The molecule has 4 nitrogen and oxygen atoms in total. The van der Waals surface area contributed by atoms with Crippen LogP contribution >= 0.6 is 0 Å². The molecule has 5 rings (SSSR count). The van der Waals surface area contributed by atoms with Crippen molar-refractivity contribution < 1.29 is 19.4 Å². The van der Waals surface area contributed by atoms with Crippen molar-refractivity contribution >= 4 is 11.6 Å². The normalized spacial score (nSPS) is 53.8. The van der Waals surface area contributed by atoms with Crippen molar-refractivity contribution in [2.24, 2.45) is 28.6 Å². The lowest BCUT2D eigenvalue weighted by Crippen LogP contribution is -2.67. The third-order valence-corrected chi connectivity index (χ3v) is 8.52. The molecule has 134 valence electrons. The minimum absolute atomic E-state index is 0.0642. The van der Waals surface area contributed by atoms with Crippen LogP contribution in [0, 0.1) is 28.6 Å². The summed E-state index contributed by atoms with van der Waals surface area (Å²) in [6.07, 6.45) is 9.35. The standard InChI is InChI=1S/C21H26O4/c1-19-7-5-13(22)9-12(19)3-4-14-15-6-8-21(17(24)11-25-21)20(15,2)10-16(23)18(14)19/h5,7,9,14-16,18,23H,3-4,6,8,10-11H2,1-2H3/t14?,15?,16-,18?,19-,20-,21-/m0/s1. The fourth-order valence-corrected chi connectivity index (χ4v) is 7.31. The lowest BCUT2D eigenvalue weighted by molar-refractivity contribution is -0.224. The zero-order valence-corrected chi connectivity index (χ0v) is 15.0. The summed E-state index contributed by atoms with van der Waals surface area (Å²) in [5, 5.41) is 11.2. The number of carbonyl (C=O) groups is 2. The van der Waals surface area contributed by atoms with E-state index in [9.17, 15) is 14.7 Å². The summed E-state index contributed by atoms with van der Waals surface area (Å²) in [7, 11) is 0. The molecule has 7 atom stereocenters. The van der Waals surface area contributed by atoms with Crippen molar-refractivity contribution in [1.29, 1.82) is 0 Å². The Morgan fingerprint density at radius 1 is 1.24 bits per heavy atom. The van der Waals surface area contributed by atoms with E-state index in [1.165, 1.54) is 5.57 Å². The maximum atomic E-state index is 12.4. The van der Waals surface area contributed by atoms with E-state index in [2.05, 4.69) is 13.8 Å². The highest BCUT2D eigenvalue weighted by Crippen LogP contribution is 2.68. The Kier molecular flexibility index (Phi) is 3.01. The Hall–Kier alpha value is -1.26. The fourth-order valence-electron chi connectivity index (χ4n) is 7.31. The minimum Gasteiger partial charge on any atom is -0.393 e. The molecule has 1 N–H and O–H groups in total. The first-order valence-electron chi connectivity index (χ1n) is 9.61. The lowest BCUT2D eigenvalue weighted by Gasteiger charge is -2.61. The van der Waals surface area contributed by atoms with Crippen LogP contribution in [0.25, 0.3) is 0 Å². The Balaban J connectivity index is 1.56. The molecule has 3 saturated carbocycles. The van der Waals surface area contributed by atoms with Gasteiger partial charge in [-0.15, -0.1) is 0 Å². The first kappa shape index (κ1) is 16.0. The van der Waals surface area contributed by atoms with Gasteiger partial charge in [0.2, 0.25) is 0 Å². The molecule has 1 heterocycles. The van der Waals surface area contributed by atoms with Gasteiger partial charge in [0.05, 0.1) is 6.10 Å². The molecule has 1 saturated heterocycles. The number of aliphatic hydroxyl groups excluding tert-OH is 1. The maximum Gasteiger partial charge on any atom is 0.190 e. The smallest absolute Gasteiger partial charge is 0.190 e. The number of rotatable bonds is 0. The number of ketones is 2. The summed E-state index contributed by atoms with van der Waals surface area (Å²) in [6.45, 7) is 4.59. The van der Waals surface area contributed by atoms with Crippen LogP contribution in [-0.2, 0) is 14.3 Å². The van der Waals surface area contributed by atoms with Crippen LogP contribution in [0.4, 0.5) is 0 Å². The van der Waals surface area contributed by atoms with Gasteiger partial charge in [-0.1, -0.05) is 25.5 Å². The zero-order valence-electron chi connectivity index (χ0n) is 15.0. The third kappa shape index (κ3) is 1.71. The molecule has 0 amide bonds. The maximum absolute atomic E-state index is 12.4. The van der Waals surface area contributed by atoms with Crippen molar-refractivity contribution in [1.82, 2.24) is 0 Å². The van der Waals surface area contributed by atoms with Gasteiger partial charge in [0.1, 0.15) is 12.2 Å². The van der Waals surface area contributed by atoms with E-state index in [0.717, 1.165) is 25.7 Å². The predicted octanol–water partition coefficient (Wildman–Crippen LogP) is 2.60. The second-order valence-corrected chi connectivity index (χ2v) is 9.29. The molecule has 1 aliphatic heterocycles. The van der Waals surface area contributed by atoms with Gasteiger partial charge >= 0.3 is 0 Å². The van der Waals surface area contributed by atoms with Crippen LogP contribution in [0.2, 0.25) is 0 Å². The third-order valence-electron chi connectivity index (χ3n) is 8.52. The summed E-state index contributed by atoms with van der Waals surface area (Å²) in [6, 6.07) is 0. The molecule has 4 heteroatoms. The Morgan fingerprint density at radius 2 is 2.04 bits per heavy atom. The summed E-state index contributed by atoms with van der Waals surface area (Å²) >= 11 is 0. The van der Waals surface area contributed by atoms with Crippen molar-refractivity contribution in [2.75, 3.05) is 6.61 Å². The number of fused-ring (bicyclic) bond motifs is 6. The fraction of sp³-hybridized carbons (Fsp3) is 0.714. The van der Waals surface area contributed by atoms with E-state index in [1.807, 2.05) is 6.08 Å². The van der Waals surface area contributed by atoms with Gasteiger partial charge in [0, 0.05) is 16.7 Å². The van der Waals surface area contributed by atoms with Crippen molar-refractivity contribution in [3.05, 3.63) is 23.8 Å². The number of Topliss-reactive ketones (excluding diaryl/α,β-unsaturated/α-hetero) is 1. The van der Waals surface area contributed by atoms with E-state index < -0.39 is 11.7 Å². The number of aliphatic hydroxyl groups is 1. The molecule has 0 aromatic heterocycles. The van der Waals surface area contributed by atoms with Gasteiger partial charge in [-0.25, -0.2) is 0 Å². The molecule has 0 aromatic carbocycles. The van der Waals surface area contributed by atoms with Gasteiger partial charge in [-0.05, 0) is 56.1 Å². The molecule has 3 unspecified atom stereocenters.